The van der Waals surface area contributed by atoms with Crippen molar-refractivity contribution in [2.45, 2.75) is 90.4 Å². The van der Waals surface area contributed by atoms with Gasteiger partial charge in [0.25, 0.3) is 0 Å². The fourth-order valence-electron chi connectivity index (χ4n) is 4.24. The summed E-state index contributed by atoms with van der Waals surface area (Å²) < 4.78 is 4.67. The van der Waals surface area contributed by atoms with Gasteiger partial charge in [0.05, 0.1) is 7.11 Å². The maximum absolute atomic E-state index is 11.1. The molecule has 23 heavy (non-hydrogen) atoms. The first-order chi connectivity index (χ1) is 11.2. The molecule has 3 heteroatoms. The van der Waals surface area contributed by atoms with E-state index in [1.54, 1.807) is 0 Å². The maximum Gasteiger partial charge on any atom is 0.305 e. The lowest BCUT2D eigenvalue weighted by Gasteiger charge is -2.24. The van der Waals surface area contributed by atoms with Gasteiger partial charge in [-0.2, -0.15) is 0 Å². The Hall–Kier alpha value is -0.570. The summed E-state index contributed by atoms with van der Waals surface area (Å²) in [7, 11) is 1.46. The normalized spacial score (nSPS) is 24.0. The Morgan fingerprint density at radius 1 is 0.957 bits per heavy atom. The molecule has 0 radical (unpaired) electrons. The van der Waals surface area contributed by atoms with Crippen molar-refractivity contribution in [3.63, 3.8) is 0 Å². The highest BCUT2D eigenvalue weighted by atomic mass is 16.5. The molecule has 0 heterocycles. The van der Waals surface area contributed by atoms with E-state index in [1.807, 2.05) is 0 Å². The number of unbranched alkanes of at least 4 members (excludes halogenated alkanes) is 6. The maximum atomic E-state index is 11.1. The highest BCUT2D eigenvalue weighted by Gasteiger charge is 2.34. The predicted molar refractivity (Wildman–Crippen MR) is 95.3 cm³/mol. The molecule has 3 atom stereocenters. The Morgan fingerprint density at radius 3 is 2.30 bits per heavy atom. The van der Waals surface area contributed by atoms with Gasteiger partial charge in [-0.25, -0.2) is 0 Å². The molecule has 0 amide bonds. The van der Waals surface area contributed by atoms with Crippen LogP contribution in [0.25, 0.3) is 0 Å². The molecule has 0 aliphatic heterocycles. The molecule has 1 aliphatic carbocycles. The Kier molecular flexibility index (Phi) is 11.4. The van der Waals surface area contributed by atoms with Gasteiger partial charge in [-0.15, -0.1) is 0 Å². The molecule has 0 aromatic carbocycles. The fraction of sp³-hybridized carbons (Fsp3) is 0.950. The van der Waals surface area contributed by atoms with E-state index in [0.717, 1.165) is 24.7 Å². The number of aliphatic hydroxyl groups is 1. The Balaban J connectivity index is 2.19. The zero-order valence-corrected chi connectivity index (χ0v) is 15.4. The average Bonchev–Trinajstić information content (AvgIpc) is 2.96. The zero-order chi connectivity index (χ0) is 16.9. The molecule has 1 aliphatic rings. The second kappa shape index (κ2) is 12.8. The third-order valence-corrected chi connectivity index (χ3v) is 5.68. The lowest BCUT2D eigenvalue weighted by atomic mass is 9.82. The van der Waals surface area contributed by atoms with Crippen molar-refractivity contribution in [1.82, 2.24) is 0 Å². The van der Waals surface area contributed by atoms with Crippen LogP contribution in [0.5, 0.6) is 0 Å². The van der Waals surface area contributed by atoms with Crippen LogP contribution < -0.4 is 0 Å². The van der Waals surface area contributed by atoms with Crippen molar-refractivity contribution in [2.24, 2.45) is 17.8 Å². The van der Waals surface area contributed by atoms with Gasteiger partial charge in [0.1, 0.15) is 0 Å². The number of carbonyl (C=O) groups excluding carboxylic acids is 1. The van der Waals surface area contributed by atoms with Crippen LogP contribution in [0.4, 0.5) is 0 Å². The Labute approximate surface area is 143 Å². The molecule has 136 valence electrons. The average molecular weight is 327 g/mol. The van der Waals surface area contributed by atoms with E-state index in [1.165, 1.54) is 71.3 Å². The summed E-state index contributed by atoms with van der Waals surface area (Å²) in [6.45, 7) is 2.64. The van der Waals surface area contributed by atoms with Crippen LogP contribution in [0.3, 0.4) is 0 Å². The number of esters is 1. The molecule has 0 spiro atoms. The molecule has 1 saturated carbocycles. The van der Waals surface area contributed by atoms with Gasteiger partial charge in [0, 0.05) is 13.0 Å². The molecule has 0 bridgehead atoms. The van der Waals surface area contributed by atoms with Crippen LogP contribution in [-0.4, -0.2) is 24.8 Å². The molecular formula is C20H38O3. The molecule has 1 fully saturated rings. The van der Waals surface area contributed by atoms with Gasteiger partial charge in [-0.1, -0.05) is 58.3 Å². The van der Waals surface area contributed by atoms with Crippen LogP contribution in [0, 0.1) is 17.8 Å². The third kappa shape index (κ3) is 8.19. The highest BCUT2D eigenvalue weighted by Crippen LogP contribution is 2.42. The minimum Gasteiger partial charge on any atom is -0.469 e. The summed E-state index contributed by atoms with van der Waals surface area (Å²) >= 11 is 0. The summed E-state index contributed by atoms with van der Waals surface area (Å²) in [5, 5.41) is 9.64. The van der Waals surface area contributed by atoms with Crippen molar-refractivity contribution in [1.29, 1.82) is 0 Å². The van der Waals surface area contributed by atoms with Crippen molar-refractivity contribution in [2.75, 3.05) is 13.7 Å². The minimum absolute atomic E-state index is 0.0896. The number of ether oxygens (including phenoxy) is 1. The van der Waals surface area contributed by atoms with Gasteiger partial charge >= 0.3 is 5.97 Å². The van der Waals surface area contributed by atoms with Crippen molar-refractivity contribution in [3.8, 4) is 0 Å². The Morgan fingerprint density at radius 2 is 1.61 bits per heavy atom. The molecule has 1 N–H and O–H groups in total. The lowest BCUT2D eigenvalue weighted by molar-refractivity contribution is -0.140. The first-order valence-electron chi connectivity index (χ1n) is 9.90. The lowest BCUT2D eigenvalue weighted by Crippen LogP contribution is -2.18. The summed E-state index contributed by atoms with van der Waals surface area (Å²) in [5.74, 6) is 2.04. The van der Waals surface area contributed by atoms with Gasteiger partial charge in [0.2, 0.25) is 0 Å². The second-order valence-electron chi connectivity index (χ2n) is 7.32. The topological polar surface area (TPSA) is 46.5 Å². The smallest absolute Gasteiger partial charge is 0.305 e. The van der Waals surface area contributed by atoms with E-state index >= 15 is 0 Å². The fourth-order valence-corrected chi connectivity index (χ4v) is 4.24. The zero-order valence-electron chi connectivity index (χ0n) is 15.4. The molecule has 1 rings (SSSR count). The first kappa shape index (κ1) is 20.5. The number of carbonyl (C=O) groups is 1. The number of hydrogen-bond donors (Lipinski definition) is 1. The van der Waals surface area contributed by atoms with E-state index in [0.29, 0.717) is 18.9 Å². The van der Waals surface area contributed by atoms with Gasteiger partial charge < -0.3 is 9.84 Å². The van der Waals surface area contributed by atoms with E-state index < -0.39 is 0 Å². The van der Waals surface area contributed by atoms with Crippen molar-refractivity contribution >= 4 is 5.97 Å². The monoisotopic (exact) mass is 326 g/mol. The Bertz CT molecular complexity index is 303. The minimum atomic E-state index is -0.0896. The van der Waals surface area contributed by atoms with E-state index in [9.17, 15) is 9.90 Å². The van der Waals surface area contributed by atoms with Crippen LogP contribution in [0.2, 0.25) is 0 Å². The molecule has 2 unspecified atom stereocenters. The molecule has 0 aromatic heterocycles. The van der Waals surface area contributed by atoms with Gasteiger partial charge in [0.15, 0.2) is 0 Å². The van der Waals surface area contributed by atoms with Gasteiger partial charge in [-0.3, -0.25) is 4.79 Å². The predicted octanol–water partition coefficient (Wildman–Crippen LogP) is 5.11. The number of hydrogen-bond acceptors (Lipinski definition) is 3. The van der Waals surface area contributed by atoms with Crippen LogP contribution in [0.15, 0.2) is 0 Å². The largest absolute Gasteiger partial charge is 0.469 e. The van der Waals surface area contributed by atoms with Crippen LogP contribution >= 0.6 is 0 Å². The van der Waals surface area contributed by atoms with Crippen molar-refractivity contribution in [3.05, 3.63) is 0 Å². The molecule has 0 aromatic rings. The van der Waals surface area contributed by atoms with Crippen LogP contribution in [0.1, 0.15) is 90.4 Å². The van der Waals surface area contributed by atoms with Gasteiger partial charge in [-0.05, 0) is 43.4 Å². The summed E-state index contributed by atoms with van der Waals surface area (Å²) in [5.41, 5.74) is 0. The number of rotatable bonds is 13. The quantitative estimate of drug-likeness (QED) is 0.378. The van der Waals surface area contributed by atoms with Crippen LogP contribution in [-0.2, 0) is 9.53 Å². The standard InChI is InChI=1S/C20H38O3/c1-3-4-5-8-11-17-14-15-18(16-21)19(17)12-9-6-7-10-13-20(22)23-2/h17-19,21H,3-16H2,1-2H3/t17-,18?,19?/m1/s1. The SMILES string of the molecule is CCCCCC[C@@H]1CCC(CO)C1CCCCCCC(=O)OC. The second-order valence-corrected chi connectivity index (χ2v) is 7.32. The molecular weight excluding hydrogens is 288 g/mol. The van der Waals surface area contributed by atoms with E-state index in [-0.39, 0.29) is 5.97 Å². The number of aliphatic hydroxyl groups excluding tert-OH is 1. The molecule has 3 nitrogen and oxygen atoms in total. The summed E-state index contributed by atoms with van der Waals surface area (Å²) in [6, 6.07) is 0. The van der Waals surface area contributed by atoms with E-state index in [2.05, 4.69) is 11.7 Å². The first-order valence-corrected chi connectivity index (χ1v) is 9.90. The molecule has 0 saturated heterocycles. The number of methoxy groups -OCH3 is 1. The highest BCUT2D eigenvalue weighted by molar-refractivity contribution is 5.68. The summed E-state index contributed by atoms with van der Waals surface area (Å²) in [6.07, 6.45) is 15.6. The third-order valence-electron chi connectivity index (χ3n) is 5.68. The summed E-state index contributed by atoms with van der Waals surface area (Å²) in [4.78, 5) is 11.1. The van der Waals surface area contributed by atoms with Crippen molar-refractivity contribution < 1.29 is 14.6 Å². The van der Waals surface area contributed by atoms with E-state index in [4.69, 9.17) is 0 Å².